The van der Waals surface area contributed by atoms with Crippen LogP contribution in [0.15, 0.2) is 59.8 Å². The van der Waals surface area contributed by atoms with E-state index in [1.165, 1.54) is 11.8 Å². The maximum absolute atomic E-state index is 12.9. The number of thioether (sulfide) groups is 1. The second-order valence-electron chi connectivity index (χ2n) is 8.78. The third-order valence-electron chi connectivity index (χ3n) is 6.18. The van der Waals surface area contributed by atoms with Gasteiger partial charge in [-0.3, -0.25) is 9.78 Å². The molecule has 2 aromatic carbocycles. The van der Waals surface area contributed by atoms with Crippen LogP contribution in [0.25, 0.3) is 11.4 Å². The van der Waals surface area contributed by atoms with Gasteiger partial charge in [0.15, 0.2) is 11.6 Å². The first-order valence-corrected chi connectivity index (χ1v) is 13.4. The molecule has 0 unspecified atom stereocenters. The molecule has 0 atom stereocenters. The maximum atomic E-state index is 12.9. The van der Waals surface area contributed by atoms with Gasteiger partial charge in [0.05, 0.1) is 37.3 Å². The normalized spacial score (nSPS) is 11.7. The van der Waals surface area contributed by atoms with E-state index < -0.39 is 0 Å². The summed E-state index contributed by atoms with van der Waals surface area (Å²) in [6.45, 7) is 4.19. The lowest BCUT2D eigenvalue weighted by molar-refractivity contribution is -0.113. The number of carbonyl (C=O) groups excluding carboxylic acids is 1. The molecule has 0 fully saturated rings. The average Bonchev–Trinajstić information content (AvgIpc) is 2.96. The molecule has 2 aromatic heterocycles. The van der Waals surface area contributed by atoms with E-state index in [0.717, 1.165) is 22.4 Å². The Labute approximate surface area is 230 Å². The summed E-state index contributed by atoms with van der Waals surface area (Å²) < 4.78 is 17.1. The zero-order valence-electron chi connectivity index (χ0n) is 21.9. The minimum atomic E-state index is -0.173. The van der Waals surface area contributed by atoms with Gasteiger partial charge in [0, 0.05) is 35.0 Å². The van der Waals surface area contributed by atoms with Gasteiger partial charge in [-0.2, -0.15) is 4.98 Å². The van der Waals surface area contributed by atoms with Crippen LogP contribution in [0.3, 0.4) is 0 Å². The van der Waals surface area contributed by atoms with E-state index in [1.54, 1.807) is 25.4 Å². The van der Waals surface area contributed by atoms with E-state index in [0.29, 0.717) is 58.2 Å². The number of aliphatic hydroxyl groups is 1. The van der Waals surface area contributed by atoms with E-state index in [-0.39, 0.29) is 18.3 Å². The van der Waals surface area contributed by atoms with Crippen molar-refractivity contribution < 1.29 is 24.1 Å². The number of nitrogens with one attached hydrogen (secondary N) is 1. The van der Waals surface area contributed by atoms with Crippen LogP contribution in [0.5, 0.6) is 23.1 Å². The lowest BCUT2D eigenvalue weighted by atomic mass is 9.99. The number of amides is 1. The first-order chi connectivity index (χ1) is 19.0. The Bertz CT molecular complexity index is 1510. The number of benzene rings is 2. The summed E-state index contributed by atoms with van der Waals surface area (Å²) in [5.41, 5.74) is 4.43. The number of hydrogen-bond acceptors (Lipinski definition) is 9. The highest BCUT2D eigenvalue weighted by atomic mass is 32.2. The van der Waals surface area contributed by atoms with E-state index in [4.69, 9.17) is 24.2 Å². The van der Waals surface area contributed by atoms with Gasteiger partial charge in [-0.25, -0.2) is 4.98 Å². The summed E-state index contributed by atoms with van der Waals surface area (Å²) >= 11 is 1.31. The number of rotatable bonds is 9. The zero-order chi connectivity index (χ0) is 27.4. The lowest BCUT2D eigenvalue weighted by Crippen LogP contribution is -2.16. The predicted octanol–water partition coefficient (Wildman–Crippen LogP) is 5.17. The van der Waals surface area contributed by atoms with Crippen LogP contribution in [-0.2, 0) is 17.8 Å². The number of nitrogens with zero attached hydrogens (tertiary/aromatic N) is 3. The van der Waals surface area contributed by atoms with Gasteiger partial charge in [0.1, 0.15) is 16.5 Å². The maximum Gasteiger partial charge on any atom is 0.234 e. The van der Waals surface area contributed by atoms with Gasteiger partial charge in [-0.15, -0.1) is 0 Å². The number of anilines is 1. The Balaban J connectivity index is 1.45. The van der Waals surface area contributed by atoms with Crippen molar-refractivity contribution in [1.29, 1.82) is 0 Å². The molecule has 3 heterocycles. The fraction of sp³-hybridized carbons (Fsp3) is 0.241. The summed E-state index contributed by atoms with van der Waals surface area (Å²) in [5.74, 6) is 2.83. The van der Waals surface area contributed by atoms with Crippen molar-refractivity contribution in [3.05, 3.63) is 77.1 Å². The molecule has 4 aromatic rings. The minimum absolute atomic E-state index is 0.128. The number of aryl methyl sites for hydroxylation is 1. The van der Waals surface area contributed by atoms with Crippen LogP contribution in [0.2, 0.25) is 0 Å². The van der Waals surface area contributed by atoms with Gasteiger partial charge in [0.25, 0.3) is 0 Å². The first-order valence-electron chi connectivity index (χ1n) is 12.5. The summed E-state index contributed by atoms with van der Waals surface area (Å²) in [7, 11) is 1.60. The smallest absolute Gasteiger partial charge is 0.234 e. The topological polar surface area (TPSA) is 116 Å². The van der Waals surface area contributed by atoms with Gasteiger partial charge < -0.3 is 24.6 Å². The molecular formula is C29H28N4O5S. The SMILES string of the molecule is CCOc1ccc(NC(=O)CSc2nc(-c3cccc(OC)c3)nc3c2Cc2c(CO)cnc(C)c2O3)cc1. The molecule has 0 bridgehead atoms. The lowest BCUT2D eigenvalue weighted by Gasteiger charge is -2.24. The van der Waals surface area contributed by atoms with Crippen LogP contribution < -0.4 is 19.5 Å². The van der Waals surface area contributed by atoms with Gasteiger partial charge >= 0.3 is 0 Å². The van der Waals surface area contributed by atoms with E-state index in [2.05, 4.69) is 10.3 Å². The fourth-order valence-corrected chi connectivity index (χ4v) is 5.06. The quantitative estimate of drug-likeness (QED) is 0.191. The number of aliphatic hydroxyl groups excluding tert-OH is 1. The molecular weight excluding hydrogens is 516 g/mol. The van der Waals surface area contributed by atoms with Crippen molar-refractivity contribution in [2.24, 2.45) is 0 Å². The molecule has 1 amide bonds. The summed E-state index contributed by atoms with van der Waals surface area (Å²) in [6.07, 6.45) is 2.11. The van der Waals surface area contributed by atoms with Gasteiger partial charge in [0.2, 0.25) is 11.8 Å². The predicted molar refractivity (Wildman–Crippen MR) is 149 cm³/mol. The standard InChI is InChI=1S/C29H28N4O5S/c1-4-37-21-10-8-20(9-11-21)31-25(35)16-39-29-24-13-23-19(15-34)14-30-17(2)26(23)38-28(24)32-27(33-29)18-6-5-7-22(12-18)36-3/h5-12,14,34H,4,13,15-16H2,1-3H3,(H,31,35). The summed E-state index contributed by atoms with van der Waals surface area (Å²) in [4.78, 5) is 26.8. The Morgan fingerprint density at radius 1 is 1.13 bits per heavy atom. The Kier molecular flexibility index (Phi) is 7.94. The second-order valence-corrected chi connectivity index (χ2v) is 9.74. The first kappa shape index (κ1) is 26.5. The van der Waals surface area contributed by atoms with Gasteiger partial charge in [-0.1, -0.05) is 23.9 Å². The Hall–Kier alpha value is -4.15. The van der Waals surface area contributed by atoms with Crippen molar-refractivity contribution in [3.8, 4) is 34.5 Å². The molecule has 0 saturated carbocycles. The van der Waals surface area contributed by atoms with Crippen molar-refractivity contribution in [2.75, 3.05) is 24.8 Å². The molecule has 10 heteroatoms. The van der Waals surface area contributed by atoms with Crippen molar-refractivity contribution in [1.82, 2.24) is 15.0 Å². The molecule has 0 saturated heterocycles. The third-order valence-corrected chi connectivity index (χ3v) is 7.19. The van der Waals surface area contributed by atoms with Crippen LogP contribution in [0.4, 0.5) is 5.69 Å². The number of aromatic nitrogens is 3. The molecule has 0 aliphatic carbocycles. The number of fused-ring (bicyclic) bond motifs is 2. The average molecular weight is 545 g/mol. The number of methoxy groups -OCH3 is 1. The highest BCUT2D eigenvalue weighted by Gasteiger charge is 2.28. The minimum Gasteiger partial charge on any atom is -0.497 e. The van der Waals surface area contributed by atoms with Crippen LogP contribution in [0, 0.1) is 6.92 Å². The monoisotopic (exact) mass is 544 g/mol. The molecule has 5 rings (SSSR count). The zero-order valence-corrected chi connectivity index (χ0v) is 22.7. The number of hydrogen-bond donors (Lipinski definition) is 2. The molecule has 0 spiro atoms. The Morgan fingerprint density at radius 3 is 2.69 bits per heavy atom. The molecule has 0 radical (unpaired) electrons. The molecule has 1 aliphatic rings. The van der Waals surface area contributed by atoms with E-state index >= 15 is 0 Å². The molecule has 2 N–H and O–H groups in total. The highest BCUT2D eigenvalue weighted by molar-refractivity contribution is 8.00. The largest absolute Gasteiger partial charge is 0.497 e. The van der Waals surface area contributed by atoms with Crippen LogP contribution >= 0.6 is 11.8 Å². The third kappa shape index (κ3) is 5.81. The number of carbonyl (C=O) groups is 1. The second kappa shape index (κ2) is 11.7. The number of pyridine rings is 1. The number of ether oxygens (including phenoxy) is 3. The van der Waals surface area contributed by atoms with Crippen molar-refractivity contribution >= 4 is 23.4 Å². The molecule has 200 valence electrons. The highest BCUT2D eigenvalue weighted by Crippen LogP contribution is 2.42. The summed E-state index contributed by atoms with van der Waals surface area (Å²) in [6, 6.07) is 14.7. The Morgan fingerprint density at radius 2 is 1.95 bits per heavy atom. The summed E-state index contributed by atoms with van der Waals surface area (Å²) in [5, 5.41) is 13.4. The van der Waals surface area contributed by atoms with E-state index in [9.17, 15) is 9.90 Å². The fourth-order valence-electron chi connectivity index (χ4n) is 4.24. The van der Waals surface area contributed by atoms with Crippen molar-refractivity contribution in [3.63, 3.8) is 0 Å². The molecule has 1 aliphatic heterocycles. The molecule has 9 nitrogen and oxygen atoms in total. The van der Waals surface area contributed by atoms with Crippen molar-refractivity contribution in [2.45, 2.75) is 31.9 Å². The molecule has 39 heavy (non-hydrogen) atoms. The van der Waals surface area contributed by atoms with E-state index in [1.807, 2.05) is 50.2 Å². The van der Waals surface area contributed by atoms with Crippen LogP contribution in [0.1, 0.15) is 29.3 Å². The van der Waals surface area contributed by atoms with Crippen LogP contribution in [-0.4, -0.2) is 45.4 Å². The van der Waals surface area contributed by atoms with Gasteiger partial charge in [-0.05, 0) is 50.2 Å².